The highest BCUT2D eigenvalue weighted by molar-refractivity contribution is 6.28. The SMILES string of the molecule is CCCN(CCN)C1=C(NC(=O)c2ccnc(Cl)n2)CNC=C1. The Morgan fingerprint density at radius 1 is 1.52 bits per heavy atom. The standard InChI is InChI=1S/C15H21ClN6O/c1-2-8-22(9-5-17)13-4-6-18-10-12(13)20-14(23)11-3-7-19-15(16)21-11/h3-4,6-7,18H,2,5,8-10,17H2,1H3,(H,20,23). The molecule has 0 atom stereocenters. The van der Waals surface area contributed by atoms with E-state index < -0.39 is 0 Å². The van der Waals surface area contributed by atoms with Crippen LogP contribution >= 0.6 is 11.6 Å². The number of nitrogens with two attached hydrogens (primary N) is 1. The number of amides is 1. The third-order valence-corrected chi connectivity index (χ3v) is 3.49. The molecule has 0 aromatic carbocycles. The van der Waals surface area contributed by atoms with Crippen LogP contribution in [-0.2, 0) is 0 Å². The number of hydrogen-bond donors (Lipinski definition) is 3. The molecule has 1 amide bonds. The Morgan fingerprint density at radius 2 is 2.35 bits per heavy atom. The number of carbonyl (C=O) groups is 1. The van der Waals surface area contributed by atoms with E-state index in [0.717, 1.165) is 30.9 Å². The lowest BCUT2D eigenvalue weighted by Gasteiger charge is -2.29. The molecule has 0 radical (unpaired) electrons. The third-order valence-electron chi connectivity index (χ3n) is 3.30. The first-order valence-electron chi connectivity index (χ1n) is 7.53. The summed E-state index contributed by atoms with van der Waals surface area (Å²) in [5.41, 5.74) is 7.68. The fourth-order valence-electron chi connectivity index (χ4n) is 2.34. The Kier molecular flexibility index (Phi) is 6.37. The van der Waals surface area contributed by atoms with Gasteiger partial charge in [-0.3, -0.25) is 4.79 Å². The van der Waals surface area contributed by atoms with E-state index in [1.807, 2.05) is 12.3 Å². The van der Waals surface area contributed by atoms with Crippen molar-refractivity contribution in [3.63, 3.8) is 0 Å². The molecule has 1 aliphatic rings. The number of carbonyl (C=O) groups excluding carboxylic acids is 1. The van der Waals surface area contributed by atoms with Gasteiger partial charge in [0, 0.05) is 25.8 Å². The molecule has 124 valence electrons. The normalized spacial score (nSPS) is 13.7. The molecule has 2 rings (SSSR count). The number of allylic oxidation sites excluding steroid dienone is 1. The van der Waals surface area contributed by atoms with Crippen molar-refractivity contribution < 1.29 is 4.79 Å². The molecule has 0 spiro atoms. The molecule has 0 bridgehead atoms. The van der Waals surface area contributed by atoms with Crippen molar-refractivity contribution in [1.82, 2.24) is 25.5 Å². The zero-order valence-corrected chi connectivity index (χ0v) is 13.8. The summed E-state index contributed by atoms with van der Waals surface area (Å²) in [5.74, 6) is -0.317. The first kappa shape index (κ1) is 17.2. The summed E-state index contributed by atoms with van der Waals surface area (Å²) in [4.78, 5) is 22.2. The molecule has 4 N–H and O–H groups in total. The van der Waals surface area contributed by atoms with Crippen molar-refractivity contribution in [2.45, 2.75) is 13.3 Å². The van der Waals surface area contributed by atoms with Gasteiger partial charge in [-0.25, -0.2) is 9.97 Å². The molecule has 0 saturated carbocycles. The average molecular weight is 337 g/mol. The van der Waals surface area contributed by atoms with Gasteiger partial charge >= 0.3 is 0 Å². The highest BCUT2D eigenvalue weighted by atomic mass is 35.5. The number of halogens is 1. The fraction of sp³-hybridized carbons (Fsp3) is 0.400. The summed E-state index contributed by atoms with van der Waals surface area (Å²) in [5, 5.41) is 6.05. The van der Waals surface area contributed by atoms with Gasteiger partial charge in [0.25, 0.3) is 5.91 Å². The van der Waals surface area contributed by atoms with Crippen molar-refractivity contribution in [3.8, 4) is 0 Å². The molecule has 7 nitrogen and oxygen atoms in total. The minimum Gasteiger partial charge on any atom is -0.385 e. The summed E-state index contributed by atoms with van der Waals surface area (Å²) in [6.07, 6.45) is 6.26. The lowest BCUT2D eigenvalue weighted by Crippen LogP contribution is -2.38. The zero-order valence-electron chi connectivity index (χ0n) is 13.1. The molecular formula is C15H21ClN6O. The fourth-order valence-corrected chi connectivity index (χ4v) is 2.48. The van der Waals surface area contributed by atoms with Gasteiger partial charge in [0.15, 0.2) is 0 Å². The van der Waals surface area contributed by atoms with E-state index in [4.69, 9.17) is 17.3 Å². The van der Waals surface area contributed by atoms with Gasteiger partial charge in [0.05, 0.1) is 17.9 Å². The Morgan fingerprint density at radius 3 is 3.04 bits per heavy atom. The van der Waals surface area contributed by atoms with Gasteiger partial charge in [-0.1, -0.05) is 6.92 Å². The Labute approximate surface area is 140 Å². The molecule has 1 aromatic heterocycles. The number of hydrogen-bond acceptors (Lipinski definition) is 6. The van der Waals surface area contributed by atoms with Crippen LogP contribution < -0.4 is 16.4 Å². The van der Waals surface area contributed by atoms with E-state index in [2.05, 4.69) is 32.4 Å². The Bertz CT molecular complexity index is 610. The number of nitrogens with zero attached hydrogens (tertiary/aromatic N) is 3. The second-order valence-electron chi connectivity index (χ2n) is 5.02. The first-order valence-corrected chi connectivity index (χ1v) is 7.91. The van der Waals surface area contributed by atoms with E-state index in [0.29, 0.717) is 13.1 Å². The topological polar surface area (TPSA) is 96.2 Å². The predicted octanol–water partition coefficient (Wildman–Crippen LogP) is 0.859. The molecule has 23 heavy (non-hydrogen) atoms. The smallest absolute Gasteiger partial charge is 0.274 e. The van der Waals surface area contributed by atoms with E-state index in [1.165, 1.54) is 12.3 Å². The van der Waals surface area contributed by atoms with Gasteiger partial charge in [0.1, 0.15) is 5.69 Å². The number of aromatic nitrogens is 2. The minimum absolute atomic E-state index is 0.0456. The third kappa shape index (κ3) is 4.67. The molecule has 0 aliphatic carbocycles. The number of dihydropyridines is 1. The van der Waals surface area contributed by atoms with Crippen LogP contribution in [0.2, 0.25) is 5.28 Å². The zero-order chi connectivity index (χ0) is 16.7. The Hall–Kier alpha value is -2.12. The summed E-state index contributed by atoms with van der Waals surface area (Å²) in [6, 6.07) is 1.53. The molecule has 1 aliphatic heterocycles. The van der Waals surface area contributed by atoms with E-state index in [1.54, 1.807) is 0 Å². The molecule has 0 saturated heterocycles. The van der Waals surface area contributed by atoms with Crippen LogP contribution in [0.1, 0.15) is 23.8 Å². The van der Waals surface area contributed by atoms with Crippen LogP contribution in [-0.4, -0.2) is 47.0 Å². The van der Waals surface area contributed by atoms with Crippen molar-refractivity contribution in [3.05, 3.63) is 46.9 Å². The van der Waals surface area contributed by atoms with Gasteiger partial charge in [-0.15, -0.1) is 0 Å². The van der Waals surface area contributed by atoms with Crippen LogP contribution in [0.25, 0.3) is 0 Å². The highest BCUT2D eigenvalue weighted by Crippen LogP contribution is 2.14. The van der Waals surface area contributed by atoms with Crippen molar-refractivity contribution in [2.24, 2.45) is 5.73 Å². The lowest BCUT2D eigenvalue weighted by atomic mass is 10.2. The van der Waals surface area contributed by atoms with Crippen LogP contribution in [0.3, 0.4) is 0 Å². The summed E-state index contributed by atoms with van der Waals surface area (Å²) < 4.78 is 0. The van der Waals surface area contributed by atoms with Crippen LogP contribution in [0, 0.1) is 0 Å². The number of nitrogens with one attached hydrogen (secondary N) is 2. The monoisotopic (exact) mass is 336 g/mol. The molecule has 1 aromatic rings. The van der Waals surface area contributed by atoms with Crippen molar-refractivity contribution in [1.29, 1.82) is 0 Å². The van der Waals surface area contributed by atoms with Crippen LogP contribution in [0.15, 0.2) is 35.9 Å². The predicted molar refractivity (Wildman–Crippen MR) is 89.6 cm³/mol. The molecule has 0 fully saturated rings. The number of rotatable bonds is 7. The second kappa shape index (κ2) is 8.50. The van der Waals surface area contributed by atoms with E-state index in [-0.39, 0.29) is 16.9 Å². The van der Waals surface area contributed by atoms with Gasteiger partial charge in [-0.05, 0) is 36.4 Å². The second-order valence-corrected chi connectivity index (χ2v) is 5.36. The van der Waals surface area contributed by atoms with E-state index in [9.17, 15) is 4.79 Å². The quantitative estimate of drug-likeness (QED) is 0.639. The van der Waals surface area contributed by atoms with Crippen LogP contribution in [0.4, 0.5) is 0 Å². The van der Waals surface area contributed by atoms with Gasteiger partial charge < -0.3 is 21.3 Å². The van der Waals surface area contributed by atoms with Crippen molar-refractivity contribution >= 4 is 17.5 Å². The summed E-state index contributed by atoms with van der Waals surface area (Å²) >= 11 is 5.73. The lowest BCUT2D eigenvalue weighted by molar-refractivity contribution is 0.0958. The van der Waals surface area contributed by atoms with Gasteiger partial charge in [0.2, 0.25) is 5.28 Å². The minimum atomic E-state index is -0.317. The van der Waals surface area contributed by atoms with E-state index >= 15 is 0 Å². The molecule has 2 heterocycles. The molecule has 8 heteroatoms. The molecule has 0 unspecified atom stereocenters. The van der Waals surface area contributed by atoms with Crippen molar-refractivity contribution in [2.75, 3.05) is 26.2 Å². The summed E-state index contributed by atoms with van der Waals surface area (Å²) in [6.45, 7) is 4.78. The Balaban J connectivity index is 2.22. The maximum absolute atomic E-state index is 12.4. The van der Waals surface area contributed by atoms with Gasteiger partial charge in [-0.2, -0.15) is 0 Å². The molecular weight excluding hydrogens is 316 g/mol. The maximum atomic E-state index is 12.4. The summed E-state index contributed by atoms with van der Waals surface area (Å²) in [7, 11) is 0. The largest absolute Gasteiger partial charge is 0.385 e. The maximum Gasteiger partial charge on any atom is 0.274 e. The van der Waals surface area contributed by atoms with Crippen LogP contribution in [0.5, 0.6) is 0 Å². The first-order chi connectivity index (χ1) is 11.2. The average Bonchev–Trinajstić information content (AvgIpc) is 2.55. The highest BCUT2D eigenvalue weighted by Gasteiger charge is 2.18.